The predicted octanol–water partition coefficient (Wildman–Crippen LogP) is 14.2. The lowest BCUT2D eigenvalue weighted by Gasteiger charge is -2.35. The van der Waals surface area contributed by atoms with Gasteiger partial charge in [0.05, 0.1) is 52.9 Å². The second-order valence-corrected chi connectivity index (χ2v) is 16.9. The van der Waals surface area contributed by atoms with Gasteiger partial charge in [0.1, 0.15) is 28.9 Å². The molecule has 1 aliphatic heterocycles. The molecule has 370 valence electrons. The van der Waals surface area contributed by atoms with Gasteiger partial charge in [-0.25, -0.2) is 9.18 Å². The molecule has 3 aromatic rings. The van der Waals surface area contributed by atoms with Crippen LogP contribution in [0.4, 0.5) is 4.39 Å². The van der Waals surface area contributed by atoms with Crippen molar-refractivity contribution in [3.05, 3.63) is 52.8 Å². The number of hydrogen-bond donors (Lipinski definition) is 0. The zero-order chi connectivity index (χ0) is 47.5. The molecule has 4 rings (SSSR count). The van der Waals surface area contributed by atoms with Gasteiger partial charge in [0.2, 0.25) is 17.2 Å². The second kappa shape index (κ2) is 30.5. The molecular formula is C54H81FO11. The molecule has 0 saturated carbocycles. The summed E-state index contributed by atoms with van der Waals surface area (Å²) in [6.07, 6.45) is 12.1. The molecule has 0 amide bonds. The summed E-state index contributed by atoms with van der Waals surface area (Å²) in [6, 6.07) is 8.92. The van der Waals surface area contributed by atoms with Crippen molar-refractivity contribution in [1.29, 1.82) is 0 Å². The van der Waals surface area contributed by atoms with Crippen LogP contribution in [0.2, 0.25) is 0 Å². The van der Waals surface area contributed by atoms with Gasteiger partial charge in [-0.15, -0.1) is 0 Å². The summed E-state index contributed by atoms with van der Waals surface area (Å²) in [5.74, 6) is 1.72. The normalized spacial score (nSPS) is 14.2. The predicted molar refractivity (Wildman–Crippen MR) is 259 cm³/mol. The van der Waals surface area contributed by atoms with Crippen molar-refractivity contribution in [2.45, 2.75) is 177 Å². The quantitative estimate of drug-likeness (QED) is 0.0415. The van der Waals surface area contributed by atoms with Gasteiger partial charge in [0.15, 0.2) is 29.2 Å². The van der Waals surface area contributed by atoms with Crippen LogP contribution in [-0.4, -0.2) is 64.9 Å². The number of carbonyl (C=O) groups excluding carboxylic acids is 1. The highest BCUT2D eigenvalue weighted by Gasteiger charge is 2.39. The molecule has 0 spiro atoms. The minimum Gasteiger partial charge on any atom is -0.493 e. The topological polar surface area (TPSA) is 109 Å². The van der Waals surface area contributed by atoms with E-state index in [-0.39, 0.29) is 35.8 Å². The van der Waals surface area contributed by atoms with Crippen molar-refractivity contribution < 1.29 is 56.6 Å². The lowest BCUT2D eigenvalue weighted by Crippen LogP contribution is -2.35. The van der Waals surface area contributed by atoms with Crippen LogP contribution < -0.4 is 42.6 Å². The summed E-state index contributed by atoms with van der Waals surface area (Å²) in [6.45, 7) is 20.0. The van der Waals surface area contributed by atoms with E-state index in [0.717, 1.165) is 96.3 Å². The number of unbranched alkanes of at least 4 members (excludes halogenated alkanes) is 8. The first-order chi connectivity index (χ1) is 32.3. The van der Waals surface area contributed by atoms with Crippen LogP contribution in [0.3, 0.4) is 0 Å². The molecule has 0 N–H and O–H groups in total. The average Bonchev–Trinajstić information content (AvgIpc) is 3.31. The Morgan fingerprint density at radius 1 is 0.500 bits per heavy atom. The van der Waals surface area contributed by atoms with Crippen LogP contribution in [0.15, 0.2) is 30.3 Å². The smallest absolute Gasteiger partial charge is 0.341 e. The Kier molecular flexibility index (Phi) is 24.9. The van der Waals surface area contributed by atoms with Crippen LogP contribution in [0.5, 0.6) is 51.7 Å². The van der Waals surface area contributed by atoms with Gasteiger partial charge in [0, 0.05) is 35.7 Å². The lowest BCUT2D eigenvalue weighted by atomic mass is 9.93. The fourth-order valence-electron chi connectivity index (χ4n) is 7.05. The Bertz CT molecular complexity index is 1840. The Morgan fingerprint density at radius 3 is 1.39 bits per heavy atom. The monoisotopic (exact) mass is 925 g/mol. The SMILES string of the molecule is CCCCOc1cc(OCCCC)c2c(c1)O[C@H](c1cc(OCCCC)c(OCCCC)c(OCCCC)c1)[C@H](OC(=O)c1cc(OCCCC)c(OCCCC)c(OCCCC)c1F)C2. The van der Waals surface area contributed by atoms with E-state index in [1.165, 1.54) is 6.07 Å². The van der Waals surface area contributed by atoms with Crippen LogP contribution in [0.25, 0.3) is 0 Å². The Morgan fingerprint density at radius 2 is 0.909 bits per heavy atom. The van der Waals surface area contributed by atoms with Gasteiger partial charge in [-0.1, -0.05) is 107 Å². The highest BCUT2D eigenvalue weighted by Crippen LogP contribution is 2.48. The molecule has 2 atom stereocenters. The van der Waals surface area contributed by atoms with Gasteiger partial charge in [0.25, 0.3) is 0 Å². The fraction of sp³-hybridized carbons (Fsp3) is 0.648. The fourth-order valence-corrected chi connectivity index (χ4v) is 7.05. The van der Waals surface area contributed by atoms with Crippen molar-refractivity contribution in [2.75, 3.05) is 52.9 Å². The standard InChI is InChI=1S/C54H81FO11/c1-9-17-25-57-40-35-43(58-26-18-10-2)41-37-48(66-54(56)42-38-47(61-29-21-13-5)52(63-31-23-15-7)53(49(42)55)64-32-24-16-8)50(65-44(41)36-40)39-33-45(59-27-19-11-3)51(62-30-22-14-6)46(34-39)60-28-20-12-4/h33-36,38,48,50H,9-32,37H2,1-8H3/t48-,50-/m1/s1. The molecule has 3 aromatic carbocycles. The van der Waals surface area contributed by atoms with E-state index in [1.54, 1.807) is 0 Å². The molecule has 66 heavy (non-hydrogen) atoms. The van der Waals surface area contributed by atoms with Gasteiger partial charge >= 0.3 is 5.97 Å². The van der Waals surface area contributed by atoms with E-state index in [0.29, 0.717) is 98.3 Å². The number of ether oxygens (including phenoxy) is 10. The third-order valence-electron chi connectivity index (χ3n) is 11.2. The number of halogens is 1. The van der Waals surface area contributed by atoms with Crippen molar-refractivity contribution in [3.8, 4) is 51.7 Å². The molecule has 1 aliphatic rings. The summed E-state index contributed by atoms with van der Waals surface area (Å²) in [5.41, 5.74) is 1.03. The van der Waals surface area contributed by atoms with Crippen LogP contribution in [0, 0.1) is 5.82 Å². The third kappa shape index (κ3) is 16.2. The molecule has 12 heteroatoms. The largest absolute Gasteiger partial charge is 0.493 e. The molecule has 0 bridgehead atoms. The van der Waals surface area contributed by atoms with E-state index in [4.69, 9.17) is 47.4 Å². The van der Waals surface area contributed by atoms with Crippen LogP contribution in [0.1, 0.15) is 186 Å². The molecular weight excluding hydrogens is 844 g/mol. The average molecular weight is 925 g/mol. The van der Waals surface area contributed by atoms with Crippen LogP contribution >= 0.6 is 0 Å². The number of benzene rings is 3. The van der Waals surface area contributed by atoms with Crippen molar-refractivity contribution >= 4 is 5.97 Å². The first kappa shape index (κ1) is 53.9. The summed E-state index contributed by atoms with van der Waals surface area (Å²) in [7, 11) is 0. The van der Waals surface area contributed by atoms with E-state index in [1.807, 2.05) is 31.2 Å². The summed E-state index contributed by atoms with van der Waals surface area (Å²) in [4.78, 5) is 14.7. The third-order valence-corrected chi connectivity index (χ3v) is 11.2. The number of rotatable bonds is 35. The van der Waals surface area contributed by atoms with Crippen molar-refractivity contribution in [1.82, 2.24) is 0 Å². The molecule has 0 fully saturated rings. The van der Waals surface area contributed by atoms with E-state index in [9.17, 15) is 4.79 Å². The van der Waals surface area contributed by atoms with E-state index in [2.05, 4.69) is 48.5 Å². The summed E-state index contributed by atoms with van der Waals surface area (Å²) < 4.78 is 80.9. The summed E-state index contributed by atoms with van der Waals surface area (Å²) in [5, 5.41) is 0. The van der Waals surface area contributed by atoms with Crippen molar-refractivity contribution in [3.63, 3.8) is 0 Å². The highest BCUT2D eigenvalue weighted by atomic mass is 19.1. The Hall–Kier alpha value is -4.74. The molecule has 11 nitrogen and oxygen atoms in total. The molecule has 0 radical (unpaired) electrons. The maximum Gasteiger partial charge on any atom is 0.341 e. The van der Waals surface area contributed by atoms with Gasteiger partial charge in [-0.2, -0.15) is 0 Å². The first-order valence-electron chi connectivity index (χ1n) is 25.4. The van der Waals surface area contributed by atoms with E-state index >= 15 is 4.39 Å². The first-order valence-corrected chi connectivity index (χ1v) is 25.4. The minimum atomic E-state index is -0.974. The maximum atomic E-state index is 17.0. The number of hydrogen-bond acceptors (Lipinski definition) is 11. The lowest BCUT2D eigenvalue weighted by molar-refractivity contribution is -0.0194. The molecule has 0 unspecified atom stereocenters. The van der Waals surface area contributed by atoms with Crippen LogP contribution in [-0.2, 0) is 11.2 Å². The Balaban J connectivity index is 1.93. The second-order valence-electron chi connectivity index (χ2n) is 16.9. The molecule has 1 heterocycles. The zero-order valence-corrected chi connectivity index (χ0v) is 41.6. The zero-order valence-electron chi connectivity index (χ0n) is 41.6. The molecule has 0 aromatic heterocycles. The molecule has 0 saturated heterocycles. The Labute approximate surface area is 395 Å². The maximum absolute atomic E-state index is 17.0. The number of fused-ring (bicyclic) bond motifs is 1. The minimum absolute atomic E-state index is 0.149. The summed E-state index contributed by atoms with van der Waals surface area (Å²) >= 11 is 0. The van der Waals surface area contributed by atoms with Gasteiger partial charge in [-0.05, 0) is 63.5 Å². The highest BCUT2D eigenvalue weighted by molar-refractivity contribution is 5.92. The number of esters is 1. The van der Waals surface area contributed by atoms with Gasteiger partial charge < -0.3 is 47.4 Å². The number of carbonyl (C=O) groups is 1. The molecule has 0 aliphatic carbocycles. The van der Waals surface area contributed by atoms with Crippen molar-refractivity contribution in [2.24, 2.45) is 0 Å². The van der Waals surface area contributed by atoms with E-state index < -0.39 is 24.0 Å². The van der Waals surface area contributed by atoms with Gasteiger partial charge in [-0.3, -0.25) is 0 Å².